The summed E-state index contributed by atoms with van der Waals surface area (Å²) in [6.45, 7) is 3.89. The molecule has 1 amide bonds. The second-order valence-electron chi connectivity index (χ2n) is 5.22. The number of nitrogens with one attached hydrogen (secondary N) is 2. The van der Waals surface area contributed by atoms with Crippen molar-refractivity contribution in [3.05, 3.63) is 45.8 Å². The van der Waals surface area contributed by atoms with Crippen molar-refractivity contribution >= 4 is 46.3 Å². The molecule has 0 aliphatic heterocycles. The minimum absolute atomic E-state index is 0.142. The van der Waals surface area contributed by atoms with Gasteiger partial charge in [-0.05, 0) is 42.5 Å². The van der Waals surface area contributed by atoms with Gasteiger partial charge >= 0.3 is 0 Å². The molecule has 3 aromatic rings. The fraction of sp³-hybridized carbons (Fsp3) is 0.188. The van der Waals surface area contributed by atoms with Crippen LogP contribution in [0.2, 0.25) is 5.02 Å². The molecular weight excluding hydrogens is 364 g/mol. The SMILES string of the molecule is Cc1cc(C)c(NC(=O)CSc2n[nH]c(-c3cccs3)n2)c(Cl)c1. The average Bonchev–Trinajstić information content (AvgIpc) is 3.19. The first kappa shape index (κ1) is 17.0. The predicted octanol–water partition coefficient (Wildman–Crippen LogP) is 4.53. The molecule has 3 rings (SSSR count). The van der Waals surface area contributed by atoms with Crippen LogP contribution >= 0.6 is 34.7 Å². The number of thiophene rings is 1. The molecule has 2 heterocycles. The summed E-state index contributed by atoms with van der Waals surface area (Å²) < 4.78 is 0. The number of carbonyl (C=O) groups excluding carboxylic acids is 1. The van der Waals surface area contributed by atoms with Gasteiger partial charge in [0.05, 0.1) is 21.3 Å². The first-order valence-electron chi connectivity index (χ1n) is 7.18. The third kappa shape index (κ3) is 3.98. The lowest BCUT2D eigenvalue weighted by Crippen LogP contribution is -2.15. The monoisotopic (exact) mass is 378 g/mol. The third-order valence-electron chi connectivity index (χ3n) is 3.25. The molecule has 2 aromatic heterocycles. The summed E-state index contributed by atoms with van der Waals surface area (Å²) in [4.78, 5) is 17.6. The maximum absolute atomic E-state index is 12.2. The first-order chi connectivity index (χ1) is 11.5. The number of rotatable bonds is 5. The number of aromatic amines is 1. The van der Waals surface area contributed by atoms with Crippen LogP contribution in [0.25, 0.3) is 10.7 Å². The average molecular weight is 379 g/mol. The molecule has 0 saturated heterocycles. The Morgan fingerprint density at radius 2 is 2.25 bits per heavy atom. The Bertz CT molecular complexity index is 838. The molecule has 0 radical (unpaired) electrons. The first-order valence-corrected chi connectivity index (χ1v) is 9.43. The fourth-order valence-electron chi connectivity index (χ4n) is 2.21. The lowest BCUT2D eigenvalue weighted by atomic mass is 10.1. The zero-order valence-corrected chi connectivity index (χ0v) is 15.5. The van der Waals surface area contributed by atoms with Gasteiger partial charge in [0, 0.05) is 0 Å². The van der Waals surface area contributed by atoms with Gasteiger partial charge in [0.15, 0.2) is 5.82 Å². The Kier molecular flexibility index (Phi) is 5.23. The quantitative estimate of drug-likeness (QED) is 0.639. The van der Waals surface area contributed by atoms with Crippen LogP contribution in [-0.4, -0.2) is 26.8 Å². The molecule has 0 bridgehead atoms. The van der Waals surface area contributed by atoms with E-state index in [0.29, 0.717) is 21.7 Å². The zero-order valence-electron chi connectivity index (χ0n) is 13.1. The maximum Gasteiger partial charge on any atom is 0.234 e. The van der Waals surface area contributed by atoms with Gasteiger partial charge in [-0.25, -0.2) is 4.98 Å². The number of hydrogen-bond donors (Lipinski definition) is 2. The van der Waals surface area contributed by atoms with E-state index in [1.807, 2.05) is 43.5 Å². The molecule has 0 fully saturated rings. The highest BCUT2D eigenvalue weighted by Crippen LogP contribution is 2.28. The lowest BCUT2D eigenvalue weighted by molar-refractivity contribution is -0.113. The van der Waals surface area contributed by atoms with Crippen molar-refractivity contribution in [1.82, 2.24) is 15.2 Å². The number of halogens is 1. The highest BCUT2D eigenvalue weighted by molar-refractivity contribution is 7.99. The van der Waals surface area contributed by atoms with Gasteiger partial charge in [0.1, 0.15) is 0 Å². The number of aromatic nitrogens is 3. The summed E-state index contributed by atoms with van der Waals surface area (Å²) >= 11 is 9.07. The second kappa shape index (κ2) is 7.38. The number of benzene rings is 1. The minimum atomic E-state index is -0.142. The van der Waals surface area contributed by atoms with Crippen molar-refractivity contribution in [3.8, 4) is 10.7 Å². The van der Waals surface area contributed by atoms with E-state index in [1.54, 1.807) is 11.3 Å². The van der Waals surface area contributed by atoms with Crippen molar-refractivity contribution < 1.29 is 4.79 Å². The van der Waals surface area contributed by atoms with Crippen LogP contribution < -0.4 is 5.32 Å². The zero-order chi connectivity index (χ0) is 17.1. The van der Waals surface area contributed by atoms with E-state index in [0.717, 1.165) is 16.0 Å². The Labute approximate surface area is 152 Å². The largest absolute Gasteiger partial charge is 0.324 e. The van der Waals surface area contributed by atoms with Crippen LogP contribution in [0.1, 0.15) is 11.1 Å². The molecule has 124 valence electrons. The molecule has 1 aromatic carbocycles. The standard InChI is InChI=1S/C16H15ClN4OS2/c1-9-6-10(2)14(11(17)7-9)18-13(22)8-24-16-19-15(20-21-16)12-4-3-5-23-12/h3-7H,8H2,1-2H3,(H,18,22)(H,19,20,21). The van der Waals surface area contributed by atoms with Crippen LogP contribution in [0.15, 0.2) is 34.8 Å². The number of thioether (sulfide) groups is 1. The van der Waals surface area contributed by atoms with E-state index in [1.165, 1.54) is 11.8 Å². The number of aryl methyl sites for hydroxylation is 2. The van der Waals surface area contributed by atoms with E-state index < -0.39 is 0 Å². The Hall–Kier alpha value is -1.83. The highest BCUT2D eigenvalue weighted by atomic mass is 35.5. The number of hydrogen-bond acceptors (Lipinski definition) is 5. The minimum Gasteiger partial charge on any atom is -0.324 e. The van der Waals surface area contributed by atoms with E-state index >= 15 is 0 Å². The van der Waals surface area contributed by atoms with Crippen molar-refractivity contribution in [3.63, 3.8) is 0 Å². The predicted molar refractivity (Wildman–Crippen MR) is 100.0 cm³/mol. The van der Waals surface area contributed by atoms with Crippen LogP contribution in [0.3, 0.4) is 0 Å². The third-order valence-corrected chi connectivity index (χ3v) is 5.27. The lowest BCUT2D eigenvalue weighted by Gasteiger charge is -2.11. The summed E-state index contributed by atoms with van der Waals surface area (Å²) in [6, 6.07) is 7.74. The summed E-state index contributed by atoms with van der Waals surface area (Å²) in [5.74, 6) is 0.785. The van der Waals surface area contributed by atoms with E-state index in [-0.39, 0.29) is 11.7 Å². The molecule has 24 heavy (non-hydrogen) atoms. The molecule has 0 atom stereocenters. The van der Waals surface area contributed by atoms with Crippen molar-refractivity contribution in [1.29, 1.82) is 0 Å². The van der Waals surface area contributed by atoms with Crippen LogP contribution in [-0.2, 0) is 4.79 Å². The van der Waals surface area contributed by atoms with Crippen LogP contribution in [0.4, 0.5) is 5.69 Å². The molecule has 0 aliphatic carbocycles. The van der Waals surface area contributed by atoms with Gasteiger partial charge in [-0.15, -0.1) is 16.4 Å². The van der Waals surface area contributed by atoms with Crippen LogP contribution in [0, 0.1) is 13.8 Å². The molecule has 2 N–H and O–H groups in total. The van der Waals surface area contributed by atoms with Crippen molar-refractivity contribution in [2.45, 2.75) is 19.0 Å². The van der Waals surface area contributed by atoms with Gasteiger partial charge in [-0.3, -0.25) is 9.89 Å². The van der Waals surface area contributed by atoms with Crippen LogP contribution in [0.5, 0.6) is 0 Å². The normalized spacial score (nSPS) is 10.8. The Morgan fingerprint density at radius 1 is 1.42 bits per heavy atom. The van der Waals surface area contributed by atoms with Gasteiger partial charge in [0.25, 0.3) is 0 Å². The molecule has 8 heteroatoms. The number of amides is 1. The smallest absolute Gasteiger partial charge is 0.234 e. The highest BCUT2D eigenvalue weighted by Gasteiger charge is 2.12. The van der Waals surface area contributed by atoms with Gasteiger partial charge in [-0.1, -0.05) is 35.5 Å². The number of carbonyl (C=O) groups is 1. The topological polar surface area (TPSA) is 70.7 Å². The summed E-state index contributed by atoms with van der Waals surface area (Å²) in [5, 5.41) is 12.9. The van der Waals surface area contributed by atoms with Crippen molar-refractivity contribution in [2.75, 3.05) is 11.1 Å². The van der Waals surface area contributed by atoms with Gasteiger partial charge < -0.3 is 5.32 Å². The molecule has 0 aliphatic rings. The van der Waals surface area contributed by atoms with Gasteiger partial charge in [0.2, 0.25) is 11.1 Å². The number of H-pyrrole nitrogens is 1. The Balaban J connectivity index is 1.60. The van der Waals surface area contributed by atoms with E-state index in [2.05, 4.69) is 20.5 Å². The summed E-state index contributed by atoms with van der Waals surface area (Å²) in [6.07, 6.45) is 0. The number of anilines is 1. The molecule has 5 nitrogen and oxygen atoms in total. The summed E-state index contributed by atoms with van der Waals surface area (Å²) in [7, 11) is 0. The molecule has 0 unspecified atom stereocenters. The summed E-state index contributed by atoms with van der Waals surface area (Å²) in [5.41, 5.74) is 2.66. The van der Waals surface area contributed by atoms with Gasteiger partial charge in [-0.2, -0.15) is 0 Å². The maximum atomic E-state index is 12.2. The molecule has 0 saturated carbocycles. The Morgan fingerprint density at radius 3 is 2.96 bits per heavy atom. The van der Waals surface area contributed by atoms with E-state index in [9.17, 15) is 4.79 Å². The van der Waals surface area contributed by atoms with Crippen molar-refractivity contribution in [2.24, 2.45) is 0 Å². The fourth-order valence-corrected chi connectivity index (χ4v) is 3.84. The number of nitrogens with zero attached hydrogens (tertiary/aromatic N) is 2. The van der Waals surface area contributed by atoms with E-state index in [4.69, 9.17) is 11.6 Å². The molecular formula is C16H15ClN4OS2. The second-order valence-corrected chi connectivity index (χ2v) is 7.52. The molecule has 0 spiro atoms.